The van der Waals surface area contributed by atoms with Gasteiger partial charge in [-0.1, -0.05) is 0 Å². The second-order valence-electron chi connectivity index (χ2n) is 6.58. The standard InChI is InChI=1S/C19H22N4O2S/c1-12-13(2)22-23-19(12)21-18-5-8-20-17-4-3-15(11-16(17)18)26(24)14-6-9-25-10-7-14/h3-5,8,11,14H,6-7,9-10H2,1-2H3,(H2,20,21,22,23). The van der Waals surface area contributed by atoms with Crippen molar-refractivity contribution in [3.8, 4) is 0 Å². The number of aromatic nitrogens is 3. The van der Waals surface area contributed by atoms with Gasteiger partial charge in [0.25, 0.3) is 0 Å². The monoisotopic (exact) mass is 370 g/mol. The average Bonchev–Trinajstić information content (AvgIpc) is 3.00. The van der Waals surface area contributed by atoms with Crippen LogP contribution in [-0.4, -0.2) is 38.2 Å². The summed E-state index contributed by atoms with van der Waals surface area (Å²) in [6.45, 7) is 5.38. The summed E-state index contributed by atoms with van der Waals surface area (Å²) in [4.78, 5) is 5.28. The van der Waals surface area contributed by atoms with E-state index in [4.69, 9.17) is 4.74 Å². The molecule has 7 heteroatoms. The average molecular weight is 370 g/mol. The van der Waals surface area contributed by atoms with Crippen molar-refractivity contribution in [1.29, 1.82) is 0 Å². The Kier molecular flexibility index (Phi) is 4.84. The molecule has 0 aliphatic carbocycles. The van der Waals surface area contributed by atoms with Crippen molar-refractivity contribution >= 4 is 33.6 Å². The molecule has 1 unspecified atom stereocenters. The zero-order valence-electron chi connectivity index (χ0n) is 14.9. The first kappa shape index (κ1) is 17.3. The van der Waals surface area contributed by atoms with E-state index in [-0.39, 0.29) is 5.25 Å². The molecule has 2 N–H and O–H groups in total. The number of hydrogen-bond acceptors (Lipinski definition) is 5. The van der Waals surface area contributed by atoms with Crippen LogP contribution in [0.4, 0.5) is 11.5 Å². The van der Waals surface area contributed by atoms with Crippen molar-refractivity contribution < 1.29 is 9.29 Å². The van der Waals surface area contributed by atoms with Crippen LogP contribution in [-0.2, 0) is 15.9 Å². The van der Waals surface area contributed by atoms with Crippen LogP contribution in [0.1, 0.15) is 24.1 Å². The lowest BCUT2D eigenvalue weighted by Gasteiger charge is -2.25. The minimum atomic E-state index is -1.04. The summed E-state index contributed by atoms with van der Waals surface area (Å²) in [5.74, 6) is 0.867. The van der Waals surface area contributed by atoms with Gasteiger partial charge in [0.1, 0.15) is 11.1 Å². The van der Waals surface area contributed by atoms with Crippen LogP contribution in [0.3, 0.4) is 0 Å². The molecule has 1 aromatic carbocycles. The molecule has 0 amide bonds. The quantitative estimate of drug-likeness (QED) is 0.685. The highest BCUT2D eigenvalue weighted by Gasteiger charge is 2.27. The van der Waals surface area contributed by atoms with E-state index in [1.54, 1.807) is 6.20 Å². The molecule has 3 heterocycles. The SMILES string of the molecule is Cc1n[nH]c(Nc2ccnc3ccc([S+]([O-])C4CCOCC4)cc23)c1C. The first-order chi connectivity index (χ1) is 12.6. The van der Waals surface area contributed by atoms with E-state index in [0.717, 1.165) is 51.4 Å². The second-order valence-corrected chi connectivity index (χ2v) is 8.31. The Morgan fingerprint density at radius 1 is 1.23 bits per heavy atom. The molecule has 136 valence electrons. The number of nitrogens with zero attached hydrogens (tertiary/aromatic N) is 2. The first-order valence-corrected chi connectivity index (χ1v) is 10.0. The maximum Gasteiger partial charge on any atom is 0.153 e. The molecule has 26 heavy (non-hydrogen) atoms. The molecule has 1 fully saturated rings. The van der Waals surface area contributed by atoms with E-state index in [1.807, 2.05) is 38.1 Å². The van der Waals surface area contributed by atoms with Gasteiger partial charge in [-0.15, -0.1) is 0 Å². The Hall–Kier alpha value is -2.09. The van der Waals surface area contributed by atoms with E-state index in [0.29, 0.717) is 13.2 Å². The maximum absolute atomic E-state index is 13.0. The molecule has 1 atom stereocenters. The molecule has 0 saturated carbocycles. The summed E-state index contributed by atoms with van der Waals surface area (Å²) in [5, 5.41) is 11.8. The summed E-state index contributed by atoms with van der Waals surface area (Å²) in [6.07, 6.45) is 3.46. The van der Waals surface area contributed by atoms with E-state index >= 15 is 0 Å². The fraction of sp³-hybridized carbons (Fsp3) is 0.368. The van der Waals surface area contributed by atoms with Crippen LogP contribution in [0.2, 0.25) is 0 Å². The third-order valence-electron chi connectivity index (χ3n) is 4.93. The largest absolute Gasteiger partial charge is 0.611 e. The number of anilines is 2. The predicted octanol–water partition coefficient (Wildman–Crippen LogP) is 3.60. The number of rotatable bonds is 4. The third-order valence-corrected chi connectivity index (χ3v) is 6.72. The highest BCUT2D eigenvalue weighted by Crippen LogP contribution is 2.31. The Bertz CT molecular complexity index is 921. The van der Waals surface area contributed by atoms with Gasteiger partial charge < -0.3 is 14.6 Å². The first-order valence-electron chi connectivity index (χ1n) is 8.79. The number of nitrogens with one attached hydrogen (secondary N) is 2. The highest BCUT2D eigenvalue weighted by molar-refractivity contribution is 7.92. The number of fused-ring (bicyclic) bond motifs is 1. The Labute approximate surface area is 155 Å². The minimum absolute atomic E-state index is 0.159. The molecule has 3 aromatic rings. The van der Waals surface area contributed by atoms with E-state index in [1.165, 1.54) is 0 Å². The Morgan fingerprint density at radius 2 is 2.04 bits per heavy atom. The van der Waals surface area contributed by atoms with Gasteiger partial charge in [-0.25, -0.2) is 0 Å². The number of aryl methyl sites for hydroxylation is 1. The van der Waals surface area contributed by atoms with E-state index in [9.17, 15) is 4.55 Å². The van der Waals surface area contributed by atoms with Gasteiger partial charge in [-0.2, -0.15) is 5.10 Å². The molecule has 1 aliphatic heterocycles. The van der Waals surface area contributed by atoms with Crippen LogP contribution >= 0.6 is 0 Å². The zero-order valence-corrected chi connectivity index (χ0v) is 15.7. The number of benzene rings is 1. The fourth-order valence-corrected chi connectivity index (χ4v) is 4.63. The van der Waals surface area contributed by atoms with Gasteiger partial charge in [0.05, 0.1) is 30.1 Å². The second kappa shape index (κ2) is 7.26. The van der Waals surface area contributed by atoms with Gasteiger partial charge in [0.15, 0.2) is 4.90 Å². The maximum atomic E-state index is 13.0. The van der Waals surface area contributed by atoms with Gasteiger partial charge in [-0.05, 0) is 43.2 Å². The van der Waals surface area contributed by atoms with Crippen molar-refractivity contribution in [2.24, 2.45) is 0 Å². The molecule has 4 rings (SSSR count). The lowest BCUT2D eigenvalue weighted by molar-refractivity contribution is 0.0983. The molecule has 6 nitrogen and oxygen atoms in total. The van der Waals surface area contributed by atoms with Crippen molar-refractivity contribution in [3.63, 3.8) is 0 Å². The van der Waals surface area contributed by atoms with Crippen LogP contribution in [0.15, 0.2) is 35.4 Å². The van der Waals surface area contributed by atoms with Gasteiger partial charge in [0, 0.05) is 36.1 Å². The van der Waals surface area contributed by atoms with Crippen molar-refractivity contribution in [2.75, 3.05) is 18.5 Å². The lowest BCUT2D eigenvalue weighted by Crippen LogP contribution is -2.28. The lowest BCUT2D eigenvalue weighted by atomic mass is 10.2. The van der Waals surface area contributed by atoms with Gasteiger partial charge in [0.2, 0.25) is 0 Å². The van der Waals surface area contributed by atoms with Gasteiger partial charge in [-0.3, -0.25) is 10.1 Å². The van der Waals surface area contributed by atoms with E-state index in [2.05, 4.69) is 20.5 Å². The summed E-state index contributed by atoms with van der Waals surface area (Å²) in [5.41, 5.74) is 3.84. The van der Waals surface area contributed by atoms with Crippen LogP contribution in [0.25, 0.3) is 10.9 Å². The summed E-state index contributed by atoms with van der Waals surface area (Å²) < 4.78 is 18.4. The van der Waals surface area contributed by atoms with Crippen LogP contribution in [0.5, 0.6) is 0 Å². The third kappa shape index (κ3) is 3.30. The molecule has 0 bridgehead atoms. The van der Waals surface area contributed by atoms with Crippen molar-refractivity contribution in [2.45, 2.75) is 36.8 Å². The smallest absolute Gasteiger partial charge is 0.153 e. The van der Waals surface area contributed by atoms with Gasteiger partial charge >= 0.3 is 0 Å². The number of pyridine rings is 1. The molecule has 0 spiro atoms. The topological polar surface area (TPSA) is 85.9 Å². The molecular formula is C19H22N4O2S. The molecule has 1 aliphatic rings. The van der Waals surface area contributed by atoms with Crippen molar-refractivity contribution in [3.05, 3.63) is 41.7 Å². The van der Waals surface area contributed by atoms with Crippen molar-refractivity contribution in [1.82, 2.24) is 15.2 Å². The fourth-order valence-electron chi connectivity index (χ4n) is 3.19. The summed E-state index contributed by atoms with van der Waals surface area (Å²) in [7, 11) is 0. The molecular weight excluding hydrogens is 348 g/mol. The van der Waals surface area contributed by atoms with Crippen LogP contribution < -0.4 is 5.32 Å². The Balaban J connectivity index is 1.68. The zero-order chi connectivity index (χ0) is 18.1. The highest BCUT2D eigenvalue weighted by atomic mass is 32.2. The summed E-state index contributed by atoms with van der Waals surface area (Å²) >= 11 is -1.04. The minimum Gasteiger partial charge on any atom is -0.611 e. The predicted molar refractivity (Wildman–Crippen MR) is 103 cm³/mol. The number of aromatic amines is 1. The number of H-pyrrole nitrogens is 1. The number of hydrogen-bond donors (Lipinski definition) is 2. The Morgan fingerprint density at radius 3 is 2.77 bits per heavy atom. The molecule has 2 aromatic heterocycles. The molecule has 0 radical (unpaired) electrons. The van der Waals surface area contributed by atoms with Crippen LogP contribution in [0, 0.1) is 13.8 Å². The number of ether oxygens (including phenoxy) is 1. The normalized spacial score (nSPS) is 16.7. The molecule has 1 saturated heterocycles. The summed E-state index contributed by atoms with van der Waals surface area (Å²) in [6, 6.07) is 7.79. The van der Waals surface area contributed by atoms with E-state index < -0.39 is 11.2 Å².